The van der Waals surface area contributed by atoms with Crippen LogP contribution in [0.5, 0.6) is 0 Å². The summed E-state index contributed by atoms with van der Waals surface area (Å²) in [5.74, 6) is 0.677. The lowest BCUT2D eigenvalue weighted by Crippen LogP contribution is -2.46. The Morgan fingerprint density at radius 1 is 1.16 bits per heavy atom. The van der Waals surface area contributed by atoms with E-state index in [9.17, 15) is 4.79 Å². The quantitative estimate of drug-likeness (QED) is 0.633. The Kier molecular flexibility index (Phi) is 5.88. The fourth-order valence-electron chi connectivity index (χ4n) is 4.51. The average Bonchev–Trinajstić information content (AvgIpc) is 3.23. The number of fused-ring (bicyclic) bond motifs is 1. The fraction of sp³-hybridized carbons (Fsp3) is 0.440. The number of rotatable bonds is 4. The van der Waals surface area contributed by atoms with E-state index in [-0.39, 0.29) is 17.6 Å². The summed E-state index contributed by atoms with van der Waals surface area (Å²) in [6.45, 7) is 7.56. The van der Waals surface area contributed by atoms with Crippen LogP contribution < -0.4 is 10.2 Å². The molecule has 32 heavy (non-hydrogen) atoms. The van der Waals surface area contributed by atoms with Gasteiger partial charge in [-0.15, -0.1) is 11.3 Å². The number of morpholine rings is 1. The highest BCUT2D eigenvalue weighted by molar-refractivity contribution is 7.22. The van der Waals surface area contributed by atoms with E-state index in [0.29, 0.717) is 25.4 Å². The van der Waals surface area contributed by atoms with Gasteiger partial charge in [0.2, 0.25) is 0 Å². The maximum absolute atomic E-state index is 13.3. The number of pyridine rings is 1. The lowest BCUT2D eigenvalue weighted by molar-refractivity contribution is -0.0615. The lowest BCUT2D eigenvalue weighted by atomic mass is 9.93. The average molecular weight is 452 g/mol. The number of nitrogens with one attached hydrogen (secondary N) is 1. The van der Waals surface area contributed by atoms with Crippen LogP contribution in [0.4, 0.5) is 5.82 Å². The minimum absolute atomic E-state index is 0.0652. The summed E-state index contributed by atoms with van der Waals surface area (Å²) in [5.41, 5.74) is 1.31. The molecule has 0 unspecified atom stereocenters. The molecule has 1 aromatic carbocycles. The molecule has 2 aliphatic heterocycles. The molecule has 2 fully saturated rings. The number of hydrogen-bond acceptors (Lipinski definition) is 6. The van der Waals surface area contributed by atoms with Crippen LogP contribution in [0.3, 0.4) is 0 Å². The number of hydrogen-bond donors (Lipinski definition) is 1. The molecule has 5 rings (SSSR count). The molecule has 6 nitrogen and oxygen atoms in total. The van der Waals surface area contributed by atoms with Gasteiger partial charge in [0.05, 0.1) is 34.9 Å². The molecule has 0 saturated carbocycles. The van der Waals surface area contributed by atoms with Crippen LogP contribution in [0.25, 0.3) is 20.7 Å². The van der Waals surface area contributed by atoms with E-state index >= 15 is 0 Å². The zero-order valence-corrected chi connectivity index (χ0v) is 19.4. The Morgan fingerprint density at radius 3 is 2.75 bits per heavy atom. The number of nitrogens with zero attached hydrogens (tertiary/aromatic N) is 2. The summed E-state index contributed by atoms with van der Waals surface area (Å²) in [6.07, 6.45) is 1.63. The number of ether oxygens (including phenoxy) is 2. The molecule has 3 aromatic rings. The minimum Gasteiger partial charge on any atom is -0.378 e. The van der Waals surface area contributed by atoms with Gasteiger partial charge in [-0.1, -0.05) is 18.2 Å². The minimum atomic E-state index is -0.216. The molecule has 1 atom stereocenters. The van der Waals surface area contributed by atoms with Gasteiger partial charge in [-0.3, -0.25) is 4.79 Å². The van der Waals surface area contributed by atoms with Crippen molar-refractivity contribution in [2.75, 3.05) is 37.8 Å². The molecule has 2 aliphatic rings. The van der Waals surface area contributed by atoms with Gasteiger partial charge >= 0.3 is 0 Å². The first kappa shape index (κ1) is 21.4. The molecule has 4 heterocycles. The Hall–Kier alpha value is -2.48. The Balaban J connectivity index is 1.46. The van der Waals surface area contributed by atoms with Gasteiger partial charge in [-0.2, -0.15) is 0 Å². The summed E-state index contributed by atoms with van der Waals surface area (Å²) >= 11 is 1.73. The van der Waals surface area contributed by atoms with Gasteiger partial charge < -0.3 is 19.7 Å². The topological polar surface area (TPSA) is 63.7 Å². The van der Waals surface area contributed by atoms with Crippen molar-refractivity contribution in [3.63, 3.8) is 0 Å². The standard InChI is InChI=1S/C25H29N3O3S/c1-25(2)16-18(9-12-31-25)26-24(29)19-7-8-20(27-23(19)28-10-13-30-14-11-28)22-15-17-5-3-4-6-21(17)32-22/h3-8,15,18H,9-14,16H2,1-2H3,(H,26,29)/t18-/m0/s1. The SMILES string of the molecule is CC1(C)C[C@@H](NC(=O)c2ccc(-c3cc4ccccc4s3)nc2N2CCOCC2)CCO1. The van der Waals surface area contributed by atoms with Gasteiger partial charge in [0.15, 0.2) is 0 Å². The van der Waals surface area contributed by atoms with Crippen LogP contribution in [0.2, 0.25) is 0 Å². The van der Waals surface area contributed by atoms with Crippen molar-refractivity contribution in [1.82, 2.24) is 10.3 Å². The van der Waals surface area contributed by atoms with E-state index in [1.54, 1.807) is 11.3 Å². The second-order valence-electron chi connectivity index (χ2n) is 9.09. The first-order valence-electron chi connectivity index (χ1n) is 11.3. The summed E-state index contributed by atoms with van der Waals surface area (Å²) < 4.78 is 12.6. The molecule has 2 aromatic heterocycles. The molecule has 0 radical (unpaired) electrons. The third kappa shape index (κ3) is 4.51. The molecule has 0 aliphatic carbocycles. The zero-order chi connectivity index (χ0) is 22.1. The van der Waals surface area contributed by atoms with Gasteiger partial charge in [-0.25, -0.2) is 4.98 Å². The molecule has 0 bridgehead atoms. The van der Waals surface area contributed by atoms with Crippen molar-refractivity contribution in [3.8, 4) is 10.6 Å². The third-order valence-corrected chi connectivity index (χ3v) is 7.28. The van der Waals surface area contributed by atoms with E-state index in [1.165, 1.54) is 10.1 Å². The predicted octanol–water partition coefficient (Wildman–Crippen LogP) is 4.49. The number of amides is 1. The molecule has 168 valence electrons. The zero-order valence-electron chi connectivity index (χ0n) is 18.6. The second-order valence-corrected chi connectivity index (χ2v) is 10.2. The first-order valence-corrected chi connectivity index (χ1v) is 12.1. The molecule has 1 N–H and O–H groups in total. The number of carbonyl (C=O) groups is 1. The predicted molar refractivity (Wildman–Crippen MR) is 129 cm³/mol. The van der Waals surface area contributed by atoms with Crippen molar-refractivity contribution in [2.24, 2.45) is 0 Å². The van der Waals surface area contributed by atoms with E-state index in [1.807, 2.05) is 12.1 Å². The van der Waals surface area contributed by atoms with Crippen LogP contribution in [-0.2, 0) is 9.47 Å². The van der Waals surface area contributed by atoms with Crippen LogP contribution in [-0.4, -0.2) is 55.4 Å². The maximum atomic E-state index is 13.3. The highest BCUT2D eigenvalue weighted by Gasteiger charge is 2.31. The maximum Gasteiger partial charge on any atom is 0.255 e. The number of carbonyl (C=O) groups excluding carboxylic acids is 1. The highest BCUT2D eigenvalue weighted by atomic mass is 32.1. The van der Waals surface area contributed by atoms with E-state index in [2.05, 4.69) is 54.4 Å². The van der Waals surface area contributed by atoms with Crippen LogP contribution in [0.15, 0.2) is 42.5 Å². The molecule has 7 heteroatoms. The van der Waals surface area contributed by atoms with Crippen LogP contribution in [0.1, 0.15) is 37.0 Å². The van der Waals surface area contributed by atoms with E-state index < -0.39 is 0 Å². The van der Waals surface area contributed by atoms with Crippen molar-refractivity contribution < 1.29 is 14.3 Å². The summed E-state index contributed by atoms with van der Waals surface area (Å²) in [4.78, 5) is 21.6. The largest absolute Gasteiger partial charge is 0.378 e. The summed E-state index contributed by atoms with van der Waals surface area (Å²) in [7, 11) is 0. The van der Waals surface area contributed by atoms with Crippen LogP contribution >= 0.6 is 11.3 Å². The highest BCUT2D eigenvalue weighted by Crippen LogP contribution is 2.34. The Bertz CT molecular complexity index is 1090. The number of anilines is 1. The molecular weight excluding hydrogens is 422 g/mol. The van der Waals surface area contributed by atoms with Gasteiger partial charge in [0, 0.05) is 30.4 Å². The van der Waals surface area contributed by atoms with Crippen molar-refractivity contribution in [1.29, 1.82) is 0 Å². The lowest BCUT2D eigenvalue weighted by Gasteiger charge is -2.36. The van der Waals surface area contributed by atoms with E-state index in [0.717, 1.165) is 42.3 Å². The molecule has 2 saturated heterocycles. The monoisotopic (exact) mass is 451 g/mol. The van der Waals surface area contributed by atoms with Gasteiger partial charge in [-0.05, 0) is 56.3 Å². The van der Waals surface area contributed by atoms with Crippen molar-refractivity contribution >= 4 is 33.1 Å². The van der Waals surface area contributed by atoms with Crippen molar-refractivity contribution in [3.05, 3.63) is 48.0 Å². The smallest absolute Gasteiger partial charge is 0.255 e. The molecule has 0 spiro atoms. The third-order valence-electron chi connectivity index (χ3n) is 6.14. The first-order chi connectivity index (χ1) is 15.5. The number of benzene rings is 1. The van der Waals surface area contributed by atoms with E-state index in [4.69, 9.17) is 14.5 Å². The van der Waals surface area contributed by atoms with Crippen LogP contribution in [0, 0.1) is 0 Å². The van der Waals surface area contributed by atoms with Crippen molar-refractivity contribution in [2.45, 2.75) is 38.3 Å². The molecule has 1 amide bonds. The fourth-order valence-corrected chi connectivity index (χ4v) is 5.54. The van der Waals surface area contributed by atoms with Gasteiger partial charge in [0.25, 0.3) is 5.91 Å². The Morgan fingerprint density at radius 2 is 1.97 bits per heavy atom. The summed E-state index contributed by atoms with van der Waals surface area (Å²) in [6, 6.07) is 14.5. The molecular formula is C25H29N3O3S. The number of aromatic nitrogens is 1. The summed E-state index contributed by atoms with van der Waals surface area (Å²) in [5, 5.41) is 4.45. The number of thiophene rings is 1. The van der Waals surface area contributed by atoms with Gasteiger partial charge in [0.1, 0.15) is 5.82 Å². The normalized spacial score (nSPS) is 20.9. The Labute approximate surface area is 192 Å². The second kappa shape index (κ2) is 8.81.